The molecule has 0 heterocycles. The summed E-state index contributed by atoms with van der Waals surface area (Å²) in [6, 6.07) is 4.50. The van der Waals surface area contributed by atoms with E-state index in [-0.39, 0.29) is 6.04 Å². The molecular weight excluding hydrogens is 288 g/mol. The Morgan fingerprint density at radius 1 is 1.37 bits per heavy atom. The minimum atomic E-state index is -3.33. The number of sulfonamides is 1. The first-order valence-corrected chi connectivity index (χ1v) is 8.02. The highest BCUT2D eigenvalue weighted by atomic mass is 35.5. The lowest BCUT2D eigenvalue weighted by Crippen LogP contribution is -2.39. The van der Waals surface area contributed by atoms with Crippen LogP contribution < -0.4 is 10.0 Å². The molecule has 1 aromatic rings. The second kappa shape index (κ2) is 5.56. The highest BCUT2D eigenvalue weighted by Gasteiger charge is 2.22. The van der Waals surface area contributed by atoms with E-state index in [1.165, 1.54) is 0 Å². The number of nitrogens with one attached hydrogen (secondary N) is 2. The van der Waals surface area contributed by atoms with Crippen molar-refractivity contribution in [1.82, 2.24) is 0 Å². The highest BCUT2D eigenvalue weighted by molar-refractivity contribution is 7.92. The molecule has 1 unspecified atom stereocenters. The zero-order valence-corrected chi connectivity index (χ0v) is 12.9. The average Bonchev–Trinajstić information content (AvgIpc) is 2.19. The SMILES string of the molecule is CC(Nc1cc(NS(C)(=O)=O)ccc1Cl)C(C)(C)O. The second-order valence-electron chi connectivity index (χ2n) is 5.09. The summed E-state index contributed by atoms with van der Waals surface area (Å²) in [6.45, 7) is 5.17. The zero-order chi connectivity index (χ0) is 14.8. The lowest BCUT2D eigenvalue weighted by Gasteiger charge is -2.28. The van der Waals surface area contributed by atoms with Crippen molar-refractivity contribution in [2.45, 2.75) is 32.4 Å². The third-order valence-corrected chi connectivity index (χ3v) is 3.64. The lowest BCUT2D eigenvalue weighted by molar-refractivity contribution is 0.0649. The topological polar surface area (TPSA) is 78.4 Å². The quantitative estimate of drug-likeness (QED) is 0.780. The monoisotopic (exact) mass is 306 g/mol. The van der Waals surface area contributed by atoms with Crippen LogP contribution in [0.15, 0.2) is 18.2 Å². The summed E-state index contributed by atoms with van der Waals surface area (Å²) in [7, 11) is -3.33. The van der Waals surface area contributed by atoms with Crippen LogP contribution in [-0.4, -0.2) is 31.4 Å². The Hall–Kier alpha value is -0.980. The molecule has 1 rings (SSSR count). The highest BCUT2D eigenvalue weighted by Crippen LogP contribution is 2.28. The van der Waals surface area contributed by atoms with Gasteiger partial charge in [0.15, 0.2) is 0 Å². The minimum absolute atomic E-state index is 0.251. The first-order chi connectivity index (χ1) is 8.49. The molecule has 0 saturated carbocycles. The Balaban J connectivity index is 2.98. The predicted molar refractivity (Wildman–Crippen MR) is 79.3 cm³/mol. The van der Waals surface area contributed by atoms with Crippen LogP contribution in [0.2, 0.25) is 5.02 Å². The van der Waals surface area contributed by atoms with Crippen LogP contribution in [0.25, 0.3) is 0 Å². The summed E-state index contributed by atoms with van der Waals surface area (Å²) in [6.07, 6.45) is 1.08. The Kier molecular flexibility index (Phi) is 4.71. The molecule has 1 atom stereocenters. The van der Waals surface area contributed by atoms with Crippen molar-refractivity contribution in [3.8, 4) is 0 Å². The van der Waals surface area contributed by atoms with Gasteiger partial charge in [0.2, 0.25) is 10.0 Å². The van der Waals surface area contributed by atoms with E-state index in [1.807, 2.05) is 6.92 Å². The number of hydrogen-bond donors (Lipinski definition) is 3. The third kappa shape index (κ3) is 5.26. The van der Waals surface area contributed by atoms with E-state index in [0.29, 0.717) is 16.4 Å². The van der Waals surface area contributed by atoms with Gasteiger partial charge < -0.3 is 10.4 Å². The van der Waals surface area contributed by atoms with Crippen molar-refractivity contribution in [2.24, 2.45) is 0 Å². The van der Waals surface area contributed by atoms with Crippen LogP contribution in [0.4, 0.5) is 11.4 Å². The molecule has 0 spiro atoms. The Bertz CT molecular complexity index is 553. The van der Waals surface area contributed by atoms with E-state index in [9.17, 15) is 13.5 Å². The second-order valence-corrected chi connectivity index (χ2v) is 7.24. The molecule has 0 fully saturated rings. The standard InChI is InChI=1S/C12H19ClN2O3S/c1-8(12(2,3)16)14-11-7-9(5-6-10(11)13)15-19(4,17)18/h5-8,14-16H,1-4H3. The third-order valence-electron chi connectivity index (χ3n) is 2.70. The van der Waals surface area contributed by atoms with Crippen LogP contribution in [-0.2, 0) is 10.0 Å². The van der Waals surface area contributed by atoms with Crippen molar-refractivity contribution < 1.29 is 13.5 Å². The van der Waals surface area contributed by atoms with Gasteiger partial charge >= 0.3 is 0 Å². The summed E-state index contributed by atoms with van der Waals surface area (Å²) >= 11 is 6.04. The van der Waals surface area contributed by atoms with Gasteiger partial charge in [-0.25, -0.2) is 8.42 Å². The summed E-state index contributed by atoms with van der Waals surface area (Å²) in [5, 5.41) is 13.4. The molecule has 0 aliphatic rings. The van der Waals surface area contributed by atoms with E-state index in [4.69, 9.17) is 11.6 Å². The maximum atomic E-state index is 11.2. The van der Waals surface area contributed by atoms with Gasteiger partial charge in [-0.05, 0) is 39.0 Å². The van der Waals surface area contributed by atoms with Crippen molar-refractivity contribution in [1.29, 1.82) is 0 Å². The number of aliphatic hydroxyl groups is 1. The summed E-state index contributed by atoms with van der Waals surface area (Å²) < 4.78 is 24.7. The predicted octanol–water partition coefficient (Wildman–Crippen LogP) is 2.28. The molecule has 19 heavy (non-hydrogen) atoms. The molecule has 0 bridgehead atoms. The van der Waals surface area contributed by atoms with Gasteiger partial charge in [0.1, 0.15) is 0 Å². The fourth-order valence-electron chi connectivity index (χ4n) is 1.32. The van der Waals surface area contributed by atoms with Gasteiger partial charge in [-0.1, -0.05) is 11.6 Å². The molecule has 5 nitrogen and oxygen atoms in total. The molecule has 0 aromatic heterocycles. The molecule has 0 radical (unpaired) electrons. The molecule has 7 heteroatoms. The minimum Gasteiger partial charge on any atom is -0.388 e. The molecular formula is C12H19ClN2O3S. The Morgan fingerprint density at radius 2 is 1.95 bits per heavy atom. The molecule has 108 valence electrons. The van der Waals surface area contributed by atoms with Gasteiger partial charge in [-0.2, -0.15) is 0 Å². The summed E-state index contributed by atoms with van der Waals surface area (Å²) in [5.41, 5.74) is 0.0474. The number of anilines is 2. The molecule has 0 aliphatic carbocycles. The van der Waals surface area contributed by atoms with E-state index >= 15 is 0 Å². The van der Waals surface area contributed by atoms with Gasteiger partial charge in [0.25, 0.3) is 0 Å². The fourth-order valence-corrected chi connectivity index (χ4v) is 2.05. The van der Waals surface area contributed by atoms with E-state index < -0.39 is 15.6 Å². The van der Waals surface area contributed by atoms with Crippen LogP contribution in [0, 0.1) is 0 Å². The van der Waals surface area contributed by atoms with E-state index in [1.54, 1.807) is 32.0 Å². The largest absolute Gasteiger partial charge is 0.388 e. The van der Waals surface area contributed by atoms with Crippen molar-refractivity contribution in [3.63, 3.8) is 0 Å². The van der Waals surface area contributed by atoms with Crippen molar-refractivity contribution in [2.75, 3.05) is 16.3 Å². The molecule has 1 aromatic carbocycles. The lowest BCUT2D eigenvalue weighted by atomic mass is 10.0. The fraction of sp³-hybridized carbons (Fsp3) is 0.500. The molecule has 0 saturated heterocycles. The van der Waals surface area contributed by atoms with E-state index in [2.05, 4.69) is 10.0 Å². The van der Waals surface area contributed by atoms with Gasteiger partial charge in [-0.15, -0.1) is 0 Å². The van der Waals surface area contributed by atoms with Crippen molar-refractivity contribution >= 4 is 33.0 Å². The van der Waals surface area contributed by atoms with Gasteiger partial charge in [0.05, 0.1) is 34.3 Å². The molecule has 3 N–H and O–H groups in total. The van der Waals surface area contributed by atoms with Crippen LogP contribution in [0.3, 0.4) is 0 Å². The van der Waals surface area contributed by atoms with Crippen LogP contribution in [0.5, 0.6) is 0 Å². The number of hydrogen-bond acceptors (Lipinski definition) is 4. The van der Waals surface area contributed by atoms with Crippen molar-refractivity contribution in [3.05, 3.63) is 23.2 Å². The first-order valence-electron chi connectivity index (χ1n) is 5.75. The van der Waals surface area contributed by atoms with Crippen LogP contribution in [0.1, 0.15) is 20.8 Å². The number of halogens is 1. The van der Waals surface area contributed by atoms with Crippen LogP contribution >= 0.6 is 11.6 Å². The van der Waals surface area contributed by atoms with E-state index in [0.717, 1.165) is 6.26 Å². The zero-order valence-electron chi connectivity index (χ0n) is 11.4. The first kappa shape index (κ1) is 16.1. The number of benzene rings is 1. The normalized spacial score (nSPS) is 14.0. The van der Waals surface area contributed by atoms with Gasteiger partial charge in [-0.3, -0.25) is 4.72 Å². The maximum absolute atomic E-state index is 11.2. The smallest absolute Gasteiger partial charge is 0.229 e. The maximum Gasteiger partial charge on any atom is 0.229 e. The Labute approximate surface area is 119 Å². The molecule has 0 aliphatic heterocycles. The average molecular weight is 307 g/mol. The van der Waals surface area contributed by atoms with Gasteiger partial charge in [0, 0.05) is 0 Å². The Morgan fingerprint density at radius 3 is 2.42 bits per heavy atom. The molecule has 0 amide bonds. The summed E-state index contributed by atoms with van der Waals surface area (Å²) in [5.74, 6) is 0. The number of rotatable bonds is 5. The summed E-state index contributed by atoms with van der Waals surface area (Å²) in [4.78, 5) is 0.